The number of carboxylic acids is 1. The molecule has 0 atom stereocenters. The molecule has 1 aliphatic heterocycles. The minimum Gasteiger partial charge on any atom is -0.481 e. The van der Waals surface area contributed by atoms with E-state index in [1.165, 1.54) is 0 Å². The van der Waals surface area contributed by atoms with Crippen molar-refractivity contribution in [3.05, 3.63) is 0 Å². The van der Waals surface area contributed by atoms with Crippen molar-refractivity contribution < 1.29 is 32.6 Å². The number of carboxylic acid groups (broad SMARTS) is 1. The molecule has 9 nitrogen and oxygen atoms in total. The predicted octanol–water partition coefficient (Wildman–Crippen LogP) is -0.942. The third-order valence-corrected chi connectivity index (χ3v) is 3.87. The molecule has 1 fully saturated rings. The van der Waals surface area contributed by atoms with E-state index in [-0.39, 0.29) is 32.6 Å². The lowest BCUT2D eigenvalue weighted by Crippen LogP contribution is -2.49. The van der Waals surface area contributed by atoms with Gasteiger partial charge in [-0.25, -0.2) is 9.52 Å². The van der Waals surface area contributed by atoms with Crippen LogP contribution in [0.1, 0.15) is 12.8 Å². The van der Waals surface area contributed by atoms with E-state index in [0.717, 1.165) is 7.11 Å². The largest absolute Gasteiger partial charge is 0.481 e. The molecule has 0 spiro atoms. The van der Waals surface area contributed by atoms with E-state index in [2.05, 4.69) is 4.74 Å². The van der Waals surface area contributed by atoms with Crippen molar-refractivity contribution in [2.24, 2.45) is 5.41 Å². The van der Waals surface area contributed by atoms with Crippen molar-refractivity contribution in [3.63, 3.8) is 0 Å². The van der Waals surface area contributed by atoms with Crippen LogP contribution in [0.5, 0.6) is 0 Å². The van der Waals surface area contributed by atoms with Gasteiger partial charge in [0, 0.05) is 19.8 Å². The summed E-state index contributed by atoms with van der Waals surface area (Å²) in [4.78, 5) is 22.1. The van der Waals surface area contributed by atoms with Crippen LogP contribution >= 0.6 is 0 Å². The van der Waals surface area contributed by atoms with Crippen molar-refractivity contribution in [1.82, 2.24) is 9.44 Å². The minimum atomic E-state index is -4.14. The number of ether oxygens (including phenoxy) is 2. The Labute approximate surface area is 110 Å². The van der Waals surface area contributed by atoms with Gasteiger partial charge in [-0.3, -0.25) is 4.79 Å². The average molecular weight is 296 g/mol. The van der Waals surface area contributed by atoms with E-state index in [4.69, 9.17) is 4.74 Å². The summed E-state index contributed by atoms with van der Waals surface area (Å²) in [5, 5.41) is 9.21. The smallest absolute Gasteiger partial charge is 0.421 e. The highest BCUT2D eigenvalue weighted by molar-refractivity contribution is 7.88. The van der Waals surface area contributed by atoms with Gasteiger partial charge in [-0.1, -0.05) is 0 Å². The quantitative estimate of drug-likeness (QED) is 0.596. The number of aliphatic carboxylic acids is 1. The Kier molecular flexibility index (Phi) is 5.09. The molecule has 1 aliphatic rings. The second-order valence-electron chi connectivity index (χ2n) is 4.12. The summed E-state index contributed by atoms with van der Waals surface area (Å²) in [6.07, 6.45) is -0.754. The monoisotopic (exact) mass is 296 g/mol. The Morgan fingerprint density at radius 3 is 2.42 bits per heavy atom. The van der Waals surface area contributed by atoms with E-state index in [1.54, 1.807) is 4.72 Å². The van der Waals surface area contributed by atoms with Crippen LogP contribution in [0.4, 0.5) is 4.79 Å². The molecule has 0 aromatic carbocycles. The molecule has 0 aromatic rings. The summed E-state index contributed by atoms with van der Waals surface area (Å²) in [6, 6.07) is 0. The normalized spacial score (nSPS) is 18.6. The molecular formula is C9H16N2O7S. The number of nitrogens with one attached hydrogen (secondary N) is 2. The van der Waals surface area contributed by atoms with Gasteiger partial charge in [0.05, 0.1) is 12.5 Å². The van der Waals surface area contributed by atoms with E-state index in [9.17, 15) is 23.1 Å². The van der Waals surface area contributed by atoms with Gasteiger partial charge in [-0.15, -0.1) is 0 Å². The van der Waals surface area contributed by atoms with Crippen LogP contribution in [0.3, 0.4) is 0 Å². The van der Waals surface area contributed by atoms with Gasteiger partial charge in [-0.05, 0) is 12.8 Å². The van der Waals surface area contributed by atoms with Gasteiger partial charge in [0.15, 0.2) is 0 Å². The molecule has 10 heteroatoms. The molecule has 0 radical (unpaired) electrons. The number of amides is 1. The highest BCUT2D eigenvalue weighted by Gasteiger charge is 2.41. The van der Waals surface area contributed by atoms with E-state index < -0.39 is 27.7 Å². The number of methoxy groups -OCH3 is 1. The Morgan fingerprint density at radius 1 is 1.37 bits per heavy atom. The standard InChI is InChI=1S/C9H16N2O7S/c1-17-8(14)11-19(15,16)10-6-9(7(12)13)2-4-18-5-3-9/h10H,2-6H2,1H3,(H,11,14)(H,12,13). The van der Waals surface area contributed by atoms with Crippen LogP contribution in [-0.2, 0) is 24.5 Å². The number of carbonyl (C=O) groups is 2. The van der Waals surface area contributed by atoms with Gasteiger partial charge >= 0.3 is 22.3 Å². The Balaban J connectivity index is 2.66. The molecule has 110 valence electrons. The Bertz CT molecular complexity index is 441. The molecule has 0 bridgehead atoms. The van der Waals surface area contributed by atoms with Crippen LogP contribution in [-0.4, -0.2) is 52.5 Å². The molecule has 1 saturated heterocycles. The van der Waals surface area contributed by atoms with Crippen molar-refractivity contribution in [3.8, 4) is 0 Å². The lowest BCUT2D eigenvalue weighted by molar-refractivity contribution is -0.154. The first kappa shape index (κ1) is 15.7. The zero-order chi connectivity index (χ0) is 14.5. The third kappa shape index (κ3) is 4.33. The number of hydrogen-bond acceptors (Lipinski definition) is 6. The van der Waals surface area contributed by atoms with E-state index in [1.807, 2.05) is 4.72 Å². The zero-order valence-electron chi connectivity index (χ0n) is 10.3. The fourth-order valence-corrected chi connectivity index (χ4v) is 2.49. The lowest BCUT2D eigenvalue weighted by Gasteiger charge is -2.32. The summed E-state index contributed by atoms with van der Waals surface area (Å²) in [6.45, 7) is 0.176. The molecule has 0 aromatic heterocycles. The number of carbonyl (C=O) groups excluding carboxylic acids is 1. The van der Waals surface area contributed by atoms with E-state index >= 15 is 0 Å². The zero-order valence-corrected chi connectivity index (χ0v) is 11.2. The fraction of sp³-hybridized carbons (Fsp3) is 0.778. The van der Waals surface area contributed by atoms with Crippen molar-refractivity contribution >= 4 is 22.3 Å². The molecule has 0 saturated carbocycles. The highest BCUT2D eigenvalue weighted by atomic mass is 32.2. The second-order valence-corrected chi connectivity index (χ2v) is 5.62. The molecule has 1 rings (SSSR count). The topological polar surface area (TPSA) is 131 Å². The van der Waals surface area contributed by atoms with Gasteiger partial charge in [0.2, 0.25) is 0 Å². The summed E-state index contributed by atoms with van der Waals surface area (Å²) < 4.78 is 35.7. The van der Waals surface area contributed by atoms with Crippen LogP contribution in [0.25, 0.3) is 0 Å². The maximum absolute atomic E-state index is 11.5. The maximum atomic E-state index is 11.5. The van der Waals surface area contributed by atoms with Gasteiger partial charge < -0.3 is 14.6 Å². The maximum Gasteiger partial charge on any atom is 0.421 e. The first-order valence-corrected chi connectivity index (χ1v) is 6.96. The second kappa shape index (κ2) is 6.17. The van der Waals surface area contributed by atoms with Crippen LogP contribution < -0.4 is 9.44 Å². The predicted molar refractivity (Wildman–Crippen MR) is 62.6 cm³/mol. The Morgan fingerprint density at radius 2 is 1.95 bits per heavy atom. The lowest BCUT2D eigenvalue weighted by atomic mass is 9.80. The van der Waals surface area contributed by atoms with Crippen molar-refractivity contribution in [2.75, 3.05) is 26.9 Å². The minimum absolute atomic E-state index is 0.197. The van der Waals surface area contributed by atoms with E-state index in [0.29, 0.717) is 0 Å². The van der Waals surface area contributed by atoms with Crippen LogP contribution in [0.2, 0.25) is 0 Å². The van der Waals surface area contributed by atoms with Crippen molar-refractivity contribution in [1.29, 1.82) is 0 Å². The summed E-state index contributed by atoms with van der Waals surface area (Å²) >= 11 is 0. The SMILES string of the molecule is COC(=O)NS(=O)(=O)NCC1(C(=O)O)CCOCC1. The first-order chi connectivity index (χ1) is 8.81. The molecule has 0 unspecified atom stereocenters. The molecule has 19 heavy (non-hydrogen) atoms. The van der Waals surface area contributed by atoms with Crippen LogP contribution in [0.15, 0.2) is 0 Å². The molecule has 1 amide bonds. The van der Waals surface area contributed by atoms with Crippen LogP contribution in [0, 0.1) is 5.41 Å². The van der Waals surface area contributed by atoms with Gasteiger partial charge in [-0.2, -0.15) is 13.1 Å². The number of rotatable bonds is 5. The van der Waals surface area contributed by atoms with Gasteiger partial charge in [0.25, 0.3) is 0 Å². The summed E-state index contributed by atoms with van der Waals surface area (Å²) in [5.41, 5.74) is -1.22. The molecule has 3 N–H and O–H groups in total. The summed E-state index contributed by atoms with van der Waals surface area (Å²) in [5.74, 6) is -1.10. The Hall–Kier alpha value is -1.39. The average Bonchev–Trinajstić information content (AvgIpc) is 2.37. The first-order valence-electron chi connectivity index (χ1n) is 5.48. The fourth-order valence-electron chi connectivity index (χ4n) is 1.65. The third-order valence-electron chi connectivity index (χ3n) is 2.91. The molecule has 1 heterocycles. The summed E-state index contributed by atoms with van der Waals surface area (Å²) in [7, 11) is -3.13. The molecule has 0 aliphatic carbocycles. The van der Waals surface area contributed by atoms with Gasteiger partial charge in [0.1, 0.15) is 0 Å². The molecular weight excluding hydrogens is 280 g/mol. The number of hydrogen-bond donors (Lipinski definition) is 3. The highest BCUT2D eigenvalue weighted by Crippen LogP contribution is 2.30. The van der Waals surface area contributed by atoms with Crippen molar-refractivity contribution in [2.45, 2.75) is 12.8 Å².